The molecule has 9 heteroatoms. The third kappa shape index (κ3) is 6.75. The number of carbonyl (C=O) groups is 1. The van der Waals surface area contributed by atoms with E-state index in [0.29, 0.717) is 17.4 Å². The Morgan fingerprint density at radius 1 is 1.05 bits per heavy atom. The topological polar surface area (TPSA) is 80.6 Å². The molecular weight excluding hydrogens is 530 g/mol. The van der Waals surface area contributed by atoms with Crippen LogP contribution >= 0.6 is 11.3 Å². The quantitative estimate of drug-likeness (QED) is 0.182. The normalized spacial score (nSPS) is 18.3. The molecule has 3 atom stereocenters. The van der Waals surface area contributed by atoms with Crippen molar-refractivity contribution < 1.29 is 4.79 Å². The summed E-state index contributed by atoms with van der Waals surface area (Å²) in [6.07, 6.45) is 8.48. The molecule has 1 aromatic carbocycles. The molecule has 218 valence electrons. The Hall–Kier alpha value is -3.38. The zero-order chi connectivity index (χ0) is 29.4. The highest BCUT2D eigenvalue weighted by Crippen LogP contribution is 2.41. The van der Waals surface area contributed by atoms with E-state index < -0.39 is 12.0 Å². The lowest BCUT2D eigenvalue weighted by Gasteiger charge is -2.21. The Morgan fingerprint density at radius 3 is 2.34 bits per heavy atom. The van der Waals surface area contributed by atoms with Gasteiger partial charge in [0.25, 0.3) is 0 Å². The molecule has 0 amide bonds. The van der Waals surface area contributed by atoms with Gasteiger partial charge in [-0.2, -0.15) is 4.68 Å². The molecule has 0 radical (unpaired) electrons. The number of anilines is 1. The van der Waals surface area contributed by atoms with Gasteiger partial charge in [-0.1, -0.05) is 95.0 Å². The molecule has 0 spiro atoms. The van der Waals surface area contributed by atoms with E-state index >= 15 is 0 Å². The van der Waals surface area contributed by atoms with Crippen molar-refractivity contribution in [3.05, 3.63) is 53.4 Å². The maximum absolute atomic E-state index is 13.4. The summed E-state index contributed by atoms with van der Waals surface area (Å²) in [6.45, 7) is 20.4. The fourth-order valence-electron chi connectivity index (χ4n) is 5.20. The fourth-order valence-corrected chi connectivity index (χ4v) is 6.23. The van der Waals surface area contributed by atoms with Crippen molar-refractivity contribution in [1.82, 2.24) is 19.7 Å². The third-order valence-electron chi connectivity index (χ3n) is 7.82. The number of hydrogen-bond donors (Lipinski definition) is 0. The van der Waals surface area contributed by atoms with Gasteiger partial charge in [0, 0.05) is 24.6 Å². The monoisotopic (exact) mass is 573 g/mol. The number of aliphatic imine (C=N–C) groups is 1. The van der Waals surface area contributed by atoms with Gasteiger partial charge in [0.1, 0.15) is 10.7 Å². The van der Waals surface area contributed by atoms with Crippen LogP contribution in [0.5, 0.6) is 0 Å². The van der Waals surface area contributed by atoms with E-state index in [4.69, 9.17) is 21.5 Å². The highest BCUT2D eigenvalue weighted by Gasteiger charge is 2.45. The number of fused-ring (bicyclic) bond motifs is 1. The van der Waals surface area contributed by atoms with E-state index in [2.05, 4.69) is 54.7 Å². The van der Waals surface area contributed by atoms with Gasteiger partial charge in [0.05, 0.1) is 11.6 Å². The van der Waals surface area contributed by atoms with Gasteiger partial charge in [-0.25, -0.2) is 21.5 Å². The summed E-state index contributed by atoms with van der Waals surface area (Å²) in [7, 11) is 0. The minimum absolute atomic E-state index is 0.171. The first-order valence-corrected chi connectivity index (χ1v) is 16.1. The Morgan fingerprint density at radius 2 is 1.73 bits per heavy atom. The van der Waals surface area contributed by atoms with Crippen LogP contribution in [0, 0.1) is 12.5 Å². The number of rotatable bonds is 14. The number of aromatic nitrogens is 4. The van der Waals surface area contributed by atoms with Crippen molar-refractivity contribution in [2.45, 2.75) is 97.9 Å². The van der Waals surface area contributed by atoms with Gasteiger partial charge < -0.3 is 9.74 Å². The van der Waals surface area contributed by atoms with Crippen molar-refractivity contribution in [1.29, 1.82) is 0 Å². The molecule has 0 aliphatic carbocycles. The SMILES string of the molecule is [C-]#[N+]C1C(=O)n2nc(C(CC)CCCC)nc2C(=Nc2sc(N(CCCC)CCCC)nc2-c2ccccc2)C1C. The molecule has 0 bridgehead atoms. The smallest absolute Gasteiger partial charge is 0.332 e. The first-order valence-electron chi connectivity index (χ1n) is 15.2. The van der Waals surface area contributed by atoms with Gasteiger partial charge in [-0.3, -0.25) is 4.79 Å². The lowest BCUT2D eigenvalue weighted by Crippen LogP contribution is -2.42. The number of thiazole rings is 1. The molecule has 1 aliphatic rings. The van der Waals surface area contributed by atoms with Crippen molar-refractivity contribution in [2.24, 2.45) is 10.9 Å². The molecule has 2 aromatic heterocycles. The van der Waals surface area contributed by atoms with Crippen molar-refractivity contribution in [2.75, 3.05) is 18.0 Å². The standard InChI is InChI=1S/C32H43N7OS/c1-7-11-17-23(10-4)28-36-29-25(22(5)26(33-6)31(40)39(29)37-28)34-30-27(24-18-15-14-16-19-24)35-32(41-30)38(20-12-8-2)21-13-9-3/h14-16,18-19,22-23,26H,7-13,17,20-21H2,1-5H3. The molecule has 0 saturated carbocycles. The van der Waals surface area contributed by atoms with E-state index in [1.54, 1.807) is 11.3 Å². The summed E-state index contributed by atoms with van der Waals surface area (Å²) in [5.74, 6) is 0.586. The van der Waals surface area contributed by atoms with Gasteiger partial charge in [-0.15, -0.1) is 5.10 Å². The van der Waals surface area contributed by atoms with Crippen molar-refractivity contribution in [3.63, 3.8) is 0 Å². The zero-order valence-electron chi connectivity index (χ0n) is 25.1. The van der Waals surface area contributed by atoms with Gasteiger partial charge in [-0.05, 0) is 32.6 Å². The Kier molecular flexibility index (Phi) is 10.8. The first kappa shape index (κ1) is 30.6. The van der Waals surface area contributed by atoms with E-state index in [0.717, 1.165) is 85.8 Å². The highest BCUT2D eigenvalue weighted by molar-refractivity contribution is 7.19. The summed E-state index contributed by atoms with van der Waals surface area (Å²) in [6, 6.07) is 9.25. The Balaban J connectivity index is 1.86. The molecule has 4 rings (SSSR count). The molecule has 3 unspecified atom stereocenters. The van der Waals surface area contributed by atoms with Crippen LogP contribution in [-0.2, 0) is 0 Å². The minimum atomic E-state index is -0.885. The van der Waals surface area contributed by atoms with E-state index in [1.807, 2.05) is 25.1 Å². The lowest BCUT2D eigenvalue weighted by atomic mass is 9.92. The molecule has 8 nitrogen and oxygen atoms in total. The fraction of sp³-hybridized carbons (Fsp3) is 0.562. The van der Waals surface area contributed by atoms with Crippen LogP contribution in [0.15, 0.2) is 35.3 Å². The number of carbonyl (C=O) groups excluding carboxylic acids is 1. The number of benzene rings is 1. The van der Waals surface area contributed by atoms with Crippen molar-refractivity contribution >= 4 is 33.1 Å². The van der Waals surface area contributed by atoms with Gasteiger partial charge >= 0.3 is 11.9 Å². The minimum Gasteiger partial charge on any atom is -0.348 e. The first-order chi connectivity index (χ1) is 20.0. The Labute approximate surface area is 248 Å². The predicted molar refractivity (Wildman–Crippen MR) is 169 cm³/mol. The number of hydrogen-bond acceptors (Lipinski definition) is 7. The zero-order valence-corrected chi connectivity index (χ0v) is 26.0. The van der Waals surface area contributed by atoms with Crippen LogP contribution in [-0.4, -0.2) is 50.5 Å². The van der Waals surface area contributed by atoms with Crippen LogP contribution in [0.1, 0.15) is 108 Å². The largest absolute Gasteiger partial charge is 0.348 e. The van der Waals surface area contributed by atoms with Crippen LogP contribution in [0.25, 0.3) is 16.1 Å². The maximum atomic E-state index is 13.4. The molecule has 41 heavy (non-hydrogen) atoms. The highest BCUT2D eigenvalue weighted by atomic mass is 32.1. The molecule has 0 N–H and O–H groups in total. The molecule has 1 aliphatic heterocycles. The van der Waals surface area contributed by atoms with Crippen LogP contribution in [0.3, 0.4) is 0 Å². The van der Waals surface area contributed by atoms with Crippen molar-refractivity contribution in [3.8, 4) is 11.3 Å². The third-order valence-corrected chi connectivity index (χ3v) is 8.83. The van der Waals surface area contributed by atoms with Crippen LogP contribution in [0.4, 0.5) is 10.1 Å². The second-order valence-electron chi connectivity index (χ2n) is 10.9. The molecule has 3 heterocycles. The summed E-state index contributed by atoms with van der Waals surface area (Å²) >= 11 is 1.58. The Bertz CT molecular complexity index is 1360. The number of unbranched alkanes of at least 4 members (excludes halogenated alkanes) is 3. The second-order valence-corrected chi connectivity index (χ2v) is 11.8. The molecule has 3 aromatic rings. The molecular formula is C32H43N7OS. The average Bonchev–Trinajstić information content (AvgIpc) is 3.62. The lowest BCUT2D eigenvalue weighted by molar-refractivity contribution is 0.0857. The van der Waals surface area contributed by atoms with E-state index in [9.17, 15) is 4.79 Å². The summed E-state index contributed by atoms with van der Waals surface area (Å²) in [4.78, 5) is 34.7. The van der Waals surface area contributed by atoms with Crippen LogP contribution in [0.2, 0.25) is 0 Å². The second kappa shape index (κ2) is 14.5. The molecule has 0 fully saturated rings. The van der Waals surface area contributed by atoms with Crippen LogP contribution < -0.4 is 4.90 Å². The molecule has 0 saturated heterocycles. The van der Waals surface area contributed by atoms with E-state index in [-0.39, 0.29) is 11.8 Å². The van der Waals surface area contributed by atoms with Gasteiger partial charge in [0.2, 0.25) is 0 Å². The predicted octanol–water partition coefficient (Wildman–Crippen LogP) is 8.19. The van der Waals surface area contributed by atoms with E-state index in [1.165, 1.54) is 4.68 Å². The number of nitrogens with zero attached hydrogens (tertiary/aromatic N) is 7. The summed E-state index contributed by atoms with van der Waals surface area (Å²) < 4.78 is 1.35. The maximum Gasteiger partial charge on any atom is 0.332 e. The summed E-state index contributed by atoms with van der Waals surface area (Å²) in [5.41, 5.74) is 2.45. The average molecular weight is 574 g/mol. The van der Waals surface area contributed by atoms with Gasteiger partial charge in [0.15, 0.2) is 16.8 Å². The summed E-state index contributed by atoms with van der Waals surface area (Å²) in [5, 5.41) is 6.41.